The minimum Gasteiger partial charge on any atom is -0.353 e. The lowest BCUT2D eigenvalue weighted by atomic mass is 9.68. The first kappa shape index (κ1) is 11.9. The molecule has 2 aliphatic carbocycles. The minimum absolute atomic E-state index is 0.697. The van der Waals surface area contributed by atoms with Crippen molar-refractivity contribution in [1.82, 2.24) is 15.0 Å². The van der Waals surface area contributed by atoms with Crippen molar-refractivity contribution >= 4 is 17.0 Å². The molecule has 2 aliphatic heterocycles. The molecule has 0 N–H and O–H groups in total. The van der Waals surface area contributed by atoms with Gasteiger partial charge < -0.3 is 4.90 Å². The van der Waals surface area contributed by atoms with E-state index in [9.17, 15) is 0 Å². The van der Waals surface area contributed by atoms with Gasteiger partial charge in [-0.2, -0.15) is 0 Å². The number of pyridine rings is 1. The quantitative estimate of drug-likeness (QED) is 0.805. The van der Waals surface area contributed by atoms with Crippen LogP contribution in [0.4, 0.5) is 5.82 Å². The van der Waals surface area contributed by atoms with E-state index in [-0.39, 0.29) is 0 Å². The first-order valence-electron chi connectivity index (χ1n) is 8.19. The van der Waals surface area contributed by atoms with E-state index in [0.717, 1.165) is 34.7 Å². The first-order valence-corrected chi connectivity index (χ1v) is 8.19. The van der Waals surface area contributed by atoms with Crippen LogP contribution in [0.3, 0.4) is 0 Å². The van der Waals surface area contributed by atoms with Crippen LogP contribution in [0.5, 0.6) is 0 Å². The minimum atomic E-state index is 0.697. The second-order valence-electron chi connectivity index (χ2n) is 7.15. The highest BCUT2D eigenvalue weighted by atomic mass is 15.2. The summed E-state index contributed by atoms with van der Waals surface area (Å²) in [7, 11) is 0. The van der Waals surface area contributed by atoms with Gasteiger partial charge in [0.25, 0.3) is 0 Å². The zero-order chi connectivity index (χ0) is 13.8. The summed E-state index contributed by atoms with van der Waals surface area (Å²) < 4.78 is 0. The Hall–Kier alpha value is -1.71. The highest BCUT2D eigenvalue weighted by Crippen LogP contribution is 2.48. The summed E-state index contributed by atoms with van der Waals surface area (Å²) in [5.74, 6) is 3.93. The predicted octanol–water partition coefficient (Wildman–Crippen LogP) is 3.04. The van der Waals surface area contributed by atoms with Gasteiger partial charge in [0, 0.05) is 25.0 Å². The van der Waals surface area contributed by atoms with E-state index < -0.39 is 0 Å². The second kappa shape index (κ2) is 4.39. The number of fused-ring (bicyclic) bond motifs is 2. The van der Waals surface area contributed by atoms with Crippen LogP contribution >= 0.6 is 0 Å². The lowest BCUT2D eigenvalue weighted by Crippen LogP contribution is -2.38. The smallest absolute Gasteiger partial charge is 0.180 e. The summed E-state index contributed by atoms with van der Waals surface area (Å²) in [6.45, 7) is 1.19. The molecule has 4 nitrogen and oxygen atoms in total. The normalized spacial score (nSPS) is 34.4. The fraction of sp³-hybridized carbons (Fsp3) is 0.588. The largest absolute Gasteiger partial charge is 0.353 e. The van der Waals surface area contributed by atoms with Crippen LogP contribution in [0.1, 0.15) is 32.1 Å². The van der Waals surface area contributed by atoms with Crippen LogP contribution in [-0.2, 0) is 0 Å². The molecule has 0 spiro atoms. The first-order chi connectivity index (χ1) is 10.3. The zero-order valence-electron chi connectivity index (χ0n) is 12.2. The molecule has 2 atom stereocenters. The van der Waals surface area contributed by atoms with Gasteiger partial charge in [-0.1, -0.05) is 0 Å². The lowest BCUT2D eigenvalue weighted by molar-refractivity contribution is 0.157. The van der Waals surface area contributed by atoms with Gasteiger partial charge in [-0.3, -0.25) is 4.98 Å². The number of nitrogens with zero attached hydrogens (tertiary/aromatic N) is 4. The summed E-state index contributed by atoms with van der Waals surface area (Å²) in [5.41, 5.74) is 1.67. The Kier molecular flexibility index (Phi) is 2.49. The summed E-state index contributed by atoms with van der Waals surface area (Å²) >= 11 is 0. The number of hydrogen-bond donors (Lipinski definition) is 0. The molecule has 21 heavy (non-hydrogen) atoms. The van der Waals surface area contributed by atoms with E-state index in [2.05, 4.69) is 27.0 Å². The Bertz CT molecular complexity index is 671. The molecule has 4 aliphatic rings. The fourth-order valence-electron chi connectivity index (χ4n) is 5.07. The van der Waals surface area contributed by atoms with Crippen LogP contribution in [0.15, 0.2) is 24.5 Å². The molecule has 0 radical (unpaired) electrons. The molecule has 2 saturated heterocycles. The van der Waals surface area contributed by atoms with Crippen molar-refractivity contribution in [2.24, 2.45) is 17.8 Å². The molecule has 6 rings (SSSR count). The average molecular weight is 280 g/mol. The maximum atomic E-state index is 4.79. The Balaban J connectivity index is 1.56. The molecule has 4 bridgehead atoms. The van der Waals surface area contributed by atoms with Crippen LogP contribution in [0, 0.1) is 17.8 Å². The molecule has 4 heterocycles. The molecule has 0 aromatic carbocycles. The third kappa shape index (κ3) is 1.92. The Morgan fingerprint density at radius 1 is 0.857 bits per heavy atom. The van der Waals surface area contributed by atoms with Gasteiger partial charge in [0.05, 0.1) is 0 Å². The van der Waals surface area contributed by atoms with Gasteiger partial charge in [0.15, 0.2) is 5.65 Å². The van der Waals surface area contributed by atoms with Crippen LogP contribution < -0.4 is 4.90 Å². The maximum Gasteiger partial charge on any atom is 0.180 e. The molecule has 2 unspecified atom stereocenters. The molecule has 108 valence electrons. The van der Waals surface area contributed by atoms with Gasteiger partial charge in [0.2, 0.25) is 0 Å². The molecule has 2 aromatic rings. The molecule has 4 heteroatoms. The summed E-state index contributed by atoms with van der Waals surface area (Å²) in [4.78, 5) is 16.1. The van der Waals surface area contributed by atoms with E-state index in [1.165, 1.54) is 38.6 Å². The molecule has 4 fully saturated rings. The second-order valence-corrected chi connectivity index (χ2v) is 7.15. The fourth-order valence-corrected chi connectivity index (χ4v) is 5.07. The van der Waals surface area contributed by atoms with E-state index in [0.29, 0.717) is 6.04 Å². The third-order valence-corrected chi connectivity index (χ3v) is 5.72. The van der Waals surface area contributed by atoms with E-state index in [1.807, 2.05) is 0 Å². The zero-order valence-corrected chi connectivity index (χ0v) is 12.2. The third-order valence-electron chi connectivity index (χ3n) is 5.72. The Morgan fingerprint density at radius 2 is 1.62 bits per heavy atom. The highest BCUT2D eigenvalue weighted by Gasteiger charge is 2.42. The average Bonchev–Trinajstić information content (AvgIpc) is 2.70. The van der Waals surface area contributed by atoms with Gasteiger partial charge in [0.1, 0.15) is 11.3 Å². The van der Waals surface area contributed by atoms with Gasteiger partial charge >= 0.3 is 0 Å². The summed E-state index contributed by atoms with van der Waals surface area (Å²) in [6, 6.07) is 4.91. The maximum absolute atomic E-state index is 4.79. The highest BCUT2D eigenvalue weighted by molar-refractivity contribution is 5.71. The lowest BCUT2D eigenvalue weighted by Gasteiger charge is -2.39. The Labute approximate surface area is 124 Å². The number of rotatable bonds is 1. The van der Waals surface area contributed by atoms with Crippen molar-refractivity contribution in [2.45, 2.75) is 38.1 Å². The van der Waals surface area contributed by atoms with Crippen molar-refractivity contribution in [1.29, 1.82) is 0 Å². The van der Waals surface area contributed by atoms with E-state index in [4.69, 9.17) is 4.98 Å². The topological polar surface area (TPSA) is 41.9 Å². The monoisotopic (exact) mass is 280 g/mol. The van der Waals surface area contributed by atoms with Gasteiger partial charge in [-0.05, 0) is 62.0 Å². The van der Waals surface area contributed by atoms with Crippen molar-refractivity contribution in [2.75, 3.05) is 11.4 Å². The van der Waals surface area contributed by atoms with Gasteiger partial charge in [-0.15, -0.1) is 0 Å². The van der Waals surface area contributed by atoms with Crippen LogP contribution in [0.25, 0.3) is 11.2 Å². The Morgan fingerprint density at radius 3 is 2.48 bits per heavy atom. The SMILES string of the molecule is c1cnc2nc(N3CC4CC5CC(C4)CC3C5)ccc2n1. The van der Waals surface area contributed by atoms with Crippen molar-refractivity contribution < 1.29 is 0 Å². The molecular formula is C17H20N4. The van der Waals surface area contributed by atoms with Crippen molar-refractivity contribution in [3.05, 3.63) is 24.5 Å². The molecule has 0 amide bonds. The molecular weight excluding hydrogens is 260 g/mol. The van der Waals surface area contributed by atoms with E-state index >= 15 is 0 Å². The number of anilines is 1. The van der Waals surface area contributed by atoms with Gasteiger partial charge in [-0.25, -0.2) is 9.97 Å². The summed E-state index contributed by atoms with van der Waals surface area (Å²) in [6.07, 6.45) is 10.6. The van der Waals surface area contributed by atoms with Crippen LogP contribution in [-0.4, -0.2) is 27.5 Å². The summed E-state index contributed by atoms with van der Waals surface area (Å²) in [5, 5.41) is 0. The van der Waals surface area contributed by atoms with Crippen molar-refractivity contribution in [3.63, 3.8) is 0 Å². The molecule has 2 aromatic heterocycles. The molecule has 2 saturated carbocycles. The van der Waals surface area contributed by atoms with Crippen molar-refractivity contribution in [3.8, 4) is 0 Å². The number of aromatic nitrogens is 3. The van der Waals surface area contributed by atoms with E-state index in [1.54, 1.807) is 12.4 Å². The standard InChI is InChI=1S/C17H20N4/c1-2-16(20-17-15(1)18-3-4-19-17)21-10-13-6-11-5-12(7-13)9-14(21)8-11/h1-4,11-14H,5-10H2. The van der Waals surface area contributed by atoms with Crippen LogP contribution in [0.2, 0.25) is 0 Å². The predicted molar refractivity (Wildman–Crippen MR) is 82.0 cm³/mol. The number of hydrogen-bond acceptors (Lipinski definition) is 4.